The number of hydrogen-bond acceptors (Lipinski definition) is 10. The monoisotopic (exact) mass is 1060 g/mol. The molecule has 0 aromatic carbocycles. The van der Waals surface area contributed by atoms with E-state index in [0.29, 0.717) is 19.3 Å². The number of phosphoric acid groups is 1. The van der Waals surface area contributed by atoms with Crippen molar-refractivity contribution in [3.8, 4) is 0 Å². The fourth-order valence-corrected chi connectivity index (χ4v) is 8.77. The Kier molecular flexibility index (Phi) is 53.8. The molecule has 0 aromatic rings. The molecule has 0 bridgehead atoms. The minimum absolute atomic E-state index is 0.148. The van der Waals surface area contributed by atoms with Crippen LogP contribution in [0.2, 0.25) is 0 Å². The van der Waals surface area contributed by atoms with Crippen LogP contribution in [-0.4, -0.2) is 66.5 Å². The van der Waals surface area contributed by atoms with Crippen LogP contribution in [0.4, 0.5) is 0 Å². The van der Waals surface area contributed by atoms with E-state index in [2.05, 4.69) is 93.7 Å². The molecule has 0 saturated carbocycles. The third kappa shape index (κ3) is 53.7. The molecule has 0 aromatic heterocycles. The number of esters is 3. The number of rotatable bonds is 55. The summed E-state index contributed by atoms with van der Waals surface area (Å²) in [5.74, 6) is -1.49. The number of carbonyl (C=O) groups excluding carboxylic acids is 3. The fourth-order valence-electron chi connectivity index (χ4n) is 7.98. The number of aliphatic hydroxyl groups is 1. The van der Waals surface area contributed by atoms with Gasteiger partial charge < -0.3 is 24.2 Å². The highest BCUT2D eigenvalue weighted by Gasteiger charge is 2.28. The number of carbonyl (C=O) groups is 3. The van der Waals surface area contributed by atoms with Gasteiger partial charge in [-0.1, -0.05) is 209 Å². The number of hydrogen-bond donors (Lipinski definition) is 2. The molecule has 0 radical (unpaired) electrons. The maximum Gasteiger partial charge on any atom is 0.472 e. The minimum atomic E-state index is -4.76. The van der Waals surface area contributed by atoms with Crippen molar-refractivity contribution in [2.45, 2.75) is 277 Å². The molecule has 74 heavy (non-hydrogen) atoms. The Morgan fingerprint density at radius 1 is 0.378 bits per heavy atom. The molecule has 0 aliphatic carbocycles. The van der Waals surface area contributed by atoms with Crippen LogP contribution in [0.5, 0.6) is 0 Å². The van der Waals surface area contributed by atoms with Gasteiger partial charge in [0, 0.05) is 19.3 Å². The molecule has 3 atom stereocenters. The lowest BCUT2D eigenvalue weighted by atomic mass is 10.1. The molecule has 0 spiro atoms. The van der Waals surface area contributed by atoms with Crippen LogP contribution in [0, 0.1) is 0 Å². The van der Waals surface area contributed by atoms with Gasteiger partial charge in [-0.3, -0.25) is 23.4 Å². The SMILES string of the molecule is CCC/C=C\C/C=C\CCCCCCCC(=O)OC(CO)COP(=O)(O)OCC(COC(=O)CCCCCCCCCCC/C=C\C/C=C\CCCCC)OC(=O)CCCCCCC/C=C\C/C=C\CCCCC. The Morgan fingerprint density at radius 2 is 0.689 bits per heavy atom. The smallest absolute Gasteiger partial charge is 0.462 e. The number of unbranched alkanes of at least 4 members (excludes halogenated alkanes) is 26. The summed E-state index contributed by atoms with van der Waals surface area (Å²) in [7, 11) is -4.76. The zero-order valence-corrected chi connectivity index (χ0v) is 48.2. The van der Waals surface area contributed by atoms with Gasteiger partial charge in [0.2, 0.25) is 0 Å². The molecule has 0 fully saturated rings. The van der Waals surface area contributed by atoms with E-state index in [1.807, 2.05) is 0 Å². The molecular weight excluding hydrogens is 952 g/mol. The van der Waals surface area contributed by atoms with Crippen LogP contribution in [0.1, 0.15) is 265 Å². The Hall–Kier alpha value is -3.08. The molecule has 0 aliphatic heterocycles. The van der Waals surface area contributed by atoms with Gasteiger partial charge in [0.15, 0.2) is 6.10 Å². The first-order valence-corrected chi connectivity index (χ1v) is 31.3. The lowest BCUT2D eigenvalue weighted by Crippen LogP contribution is -2.30. The number of phosphoric ester groups is 1. The van der Waals surface area contributed by atoms with E-state index in [4.69, 9.17) is 23.3 Å². The van der Waals surface area contributed by atoms with Gasteiger partial charge in [0.25, 0.3) is 0 Å². The fraction of sp³-hybridized carbons (Fsp3) is 0.758. The van der Waals surface area contributed by atoms with Crippen molar-refractivity contribution >= 4 is 25.7 Å². The third-order valence-electron chi connectivity index (χ3n) is 12.6. The molecule has 0 rings (SSSR count). The van der Waals surface area contributed by atoms with E-state index in [1.165, 1.54) is 83.5 Å². The standard InChI is InChI=1S/C62H109O11P/c1-4-7-10-13-16-19-22-25-27-28-29-30-32-34-36-39-42-45-48-51-60(64)69-55-59(73-62(66)53-50-47-44-41-38-35-31-26-23-20-17-14-11-8-5-2)57-71-74(67,68)70-56-58(54-63)72-61(65)52-49-46-43-40-37-33-24-21-18-15-12-9-6-3/h12,15-17,19-21,24-27,31,58-59,63H,4-11,13-14,18,22-23,28-30,32-57H2,1-3H3,(H,67,68)/b15-12-,19-16-,20-17-,24-21-,27-25-,31-26-. The van der Waals surface area contributed by atoms with Crippen LogP contribution in [-0.2, 0) is 42.2 Å². The van der Waals surface area contributed by atoms with Crippen molar-refractivity contribution in [3.63, 3.8) is 0 Å². The quantitative estimate of drug-likeness (QED) is 0.0197. The van der Waals surface area contributed by atoms with Crippen LogP contribution in [0.15, 0.2) is 72.9 Å². The molecule has 12 heteroatoms. The van der Waals surface area contributed by atoms with Gasteiger partial charge in [-0.15, -0.1) is 0 Å². The van der Waals surface area contributed by atoms with Gasteiger partial charge in [-0.05, 0) is 109 Å². The summed E-state index contributed by atoms with van der Waals surface area (Å²) in [6, 6.07) is 0. The molecular formula is C62H109O11P. The number of ether oxygens (including phenoxy) is 3. The Morgan fingerprint density at radius 3 is 1.05 bits per heavy atom. The summed E-state index contributed by atoms with van der Waals surface area (Å²) in [4.78, 5) is 48.6. The Bertz CT molecular complexity index is 1520. The second kappa shape index (κ2) is 56.1. The second-order valence-corrected chi connectivity index (χ2v) is 21.3. The normalized spacial score (nSPS) is 13.9. The molecule has 0 aliphatic rings. The van der Waals surface area contributed by atoms with Gasteiger partial charge in [-0.2, -0.15) is 0 Å². The molecule has 2 N–H and O–H groups in total. The summed E-state index contributed by atoms with van der Waals surface area (Å²) < 4.78 is 39.5. The first-order chi connectivity index (χ1) is 36.2. The van der Waals surface area contributed by atoms with Crippen molar-refractivity contribution in [2.24, 2.45) is 0 Å². The summed E-state index contributed by atoms with van der Waals surface area (Å²) in [6.45, 7) is 4.51. The number of allylic oxidation sites excluding steroid dienone is 12. The average molecular weight is 1060 g/mol. The van der Waals surface area contributed by atoms with Gasteiger partial charge in [-0.25, -0.2) is 4.57 Å². The molecule has 0 amide bonds. The zero-order valence-electron chi connectivity index (χ0n) is 47.3. The highest BCUT2D eigenvalue weighted by atomic mass is 31.2. The van der Waals surface area contributed by atoms with Crippen molar-refractivity contribution in [2.75, 3.05) is 26.4 Å². The molecule has 428 valence electrons. The summed E-state index contributed by atoms with van der Waals surface area (Å²) >= 11 is 0. The predicted octanol–water partition coefficient (Wildman–Crippen LogP) is 17.7. The van der Waals surface area contributed by atoms with Crippen LogP contribution < -0.4 is 0 Å². The highest BCUT2D eigenvalue weighted by molar-refractivity contribution is 7.47. The number of aliphatic hydroxyl groups excluding tert-OH is 1. The third-order valence-corrected chi connectivity index (χ3v) is 13.5. The van der Waals surface area contributed by atoms with E-state index in [0.717, 1.165) is 122 Å². The van der Waals surface area contributed by atoms with E-state index < -0.39 is 57.8 Å². The van der Waals surface area contributed by atoms with Crippen LogP contribution >= 0.6 is 7.82 Å². The van der Waals surface area contributed by atoms with Crippen molar-refractivity contribution in [3.05, 3.63) is 72.9 Å². The van der Waals surface area contributed by atoms with Crippen molar-refractivity contribution < 1.29 is 52.2 Å². The average Bonchev–Trinajstić information content (AvgIpc) is 3.39. The first-order valence-electron chi connectivity index (χ1n) is 29.8. The summed E-state index contributed by atoms with van der Waals surface area (Å²) in [5, 5.41) is 9.81. The maximum atomic E-state index is 12.9. The van der Waals surface area contributed by atoms with Gasteiger partial charge in [0.1, 0.15) is 12.7 Å². The first kappa shape index (κ1) is 70.9. The minimum Gasteiger partial charge on any atom is -0.462 e. The van der Waals surface area contributed by atoms with Crippen LogP contribution in [0.25, 0.3) is 0 Å². The zero-order chi connectivity index (χ0) is 54.1. The van der Waals surface area contributed by atoms with E-state index in [-0.39, 0.29) is 25.9 Å². The molecule has 3 unspecified atom stereocenters. The topological polar surface area (TPSA) is 155 Å². The Balaban J connectivity index is 4.73. The van der Waals surface area contributed by atoms with E-state index in [1.54, 1.807) is 0 Å². The van der Waals surface area contributed by atoms with Crippen molar-refractivity contribution in [1.82, 2.24) is 0 Å². The van der Waals surface area contributed by atoms with E-state index in [9.17, 15) is 28.9 Å². The molecule has 0 saturated heterocycles. The highest BCUT2D eigenvalue weighted by Crippen LogP contribution is 2.43. The van der Waals surface area contributed by atoms with Gasteiger partial charge in [0.05, 0.1) is 19.8 Å². The molecule has 0 heterocycles. The lowest BCUT2D eigenvalue weighted by molar-refractivity contribution is -0.161. The predicted molar refractivity (Wildman–Crippen MR) is 307 cm³/mol. The van der Waals surface area contributed by atoms with Crippen LogP contribution in [0.3, 0.4) is 0 Å². The second-order valence-electron chi connectivity index (χ2n) is 19.8. The van der Waals surface area contributed by atoms with E-state index >= 15 is 0 Å². The largest absolute Gasteiger partial charge is 0.472 e. The maximum absolute atomic E-state index is 12.9. The Labute approximate surface area is 452 Å². The van der Waals surface area contributed by atoms with Gasteiger partial charge >= 0.3 is 25.7 Å². The summed E-state index contributed by atoms with van der Waals surface area (Å²) in [6.07, 6.45) is 62.8. The lowest BCUT2D eigenvalue weighted by Gasteiger charge is -2.21. The summed E-state index contributed by atoms with van der Waals surface area (Å²) in [5.41, 5.74) is 0. The van der Waals surface area contributed by atoms with Crippen molar-refractivity contribution in [1.29, 1.82) is 0 Å². The molecule has 11 nitrogen and oxygen atoms in total.